The van der Waals surface area contributed by atoms with Crippen LogP contribution >= 0.6 is 11.8 Å². The van der Waals surface area contributed by atoms with Crippen molar-refractivity contribution in [2.24, 2.45) is 5.92 Å². The number of phenolic OH excluding ortho intramolecular Hbond substituents is 2. The first-order chi connectivity index (χ1) is 16.5. The zero-order valence-electron chi connectivity index (χ0n) is 20.0. The van der Waals surface area contributed by atoms with Crippen molar-refractivity contribution < 1.29 is 19.7 Å². The van der Waals surface area contributed by atoms with Crippen LogP contribution in [-0.2, 0) is 0 Å². The lowest BCUT2D eigenvalue weighted by Gasteiger charge is -2.24. The van der Waals surface area contributed by atoms with E-state index in [1.807, 2.05) is 36.4 Å². The monoisotopic (exact) mass is 481 g/mol. The SMILES string of the molecule is CC(COc1ccccc1)N1CC[C@@H](C)C1.Oc1ccc2c(c1)SCCO2.Oc1ccccc1. The molecule has 0 saturated carbocycles. The number of likely N-dealkylation sites (tertiary alicyclic amines) is 1. The Balaban J connectivity index is 0.000000155. The van der Waals surface area contributed by atoms with Crippen LogP contribution in [0.3, 0.4) is 0 Å². The maximum absolute atomic E-state index is 9.12. The minimum atomic E-state index is 0.307. The molecule has 2 aliphatic heterocycles. The van der Waals surface area contributed by atoms with Gasteiger partial charge in [-0.25, -0.2) is 0 Å². The second-order valence-corrected chi connectivity index (χ2v) is 9.66. The van der Waals surface area contributed by atoms with Gasteiger partial charge in [0, 0.05) is 18.3 Å². The zero-order valence-corrected chi connectivity index (χ0v) is 20.8. The summed E-state index contributed by atoms with van der Waals surface area (Å²) in [5.41, 5.74) is 0. The molecule has 5 nitrogen and oxygen atoms in total. The van der Waals surface area contributed by atoms with Crippen molar-refractivity contribution in [3.63, 3.8) is 0 Å². The molecule has 2 atom stereocenters. The molecule has 2 N–H and O–H groups in total. The molecular weight excluding hydrogens is 446 g/mol. The van der Waals surface area contributed by atoms with Crippen LogP contribution in [0, 0.1) is 5.92 Å². The number of fused-ring (bicyclic) bond motifs is 1. The van der Waals surface area contributed by atoms with Crippen LogP contribution in [0.25, 0.3) is 0 Å². The molecule has 0 spiro atoms. The molecule has 1 fully saturated rings. The second kappa shape index (κ2) is 13.8. The van der Waals surface area contributed by atoms with Crippen LogP contribution in [0.1, 0.15) is 20.3 Å². The van der Waals surface area contributed by atoms with Crippen molar-refractivity contribution in [2.75, 3.05) is 32.1 Å². The number of hydrogen-bond donors (Lipinski definition) is 2. The molecule has 1 unspecified atom stereocenters. The van der Waals surface area contributed by atoms with Gasteiger partial charge in [0.15, 0.2) is 0 Å². The zero-order chi connectivity index (χ0) is 24.2. The van der Waals surface area contributed by atoms with E-state index in [0.717, 1.165) is 41.3 Å². The van der Waals surface area contributed by atoms with Crippen molar-refractivity contribution in [3.05, 3.63) is 78.9 Å². The number of ether oxygens (including phenoxy) is 2. The number of para-hydroxylation sites is 2. The van der Waals surface area contributed by atoms with Gasteiger partial charge in [0.1, 0.15) is 29.6 Å². The smallest absolute Gasteiger partial charge is 0.133 e. The van der Waals surface area contributed by atoms with Crippen molar-refractivity contribution in [1.29, 1.82) is 0 Å². The lowest BCUT2D eigenvalue weighted by molar-refractivity contribution is 0.169. The predicted molar refractivity (Wildman–Crippen MR) is 139 cm³/mol. The largest absolute Gasteiger partial charge is 0.508 e. The van der Waals surface area contributed by atoms with E-state index in [0.29, 0.717) is 17.5 Å². The fourth-order valence-corrected chi connectivity index (χ4v) is 4.53. The summed E-state index contributed by atoms with van der Waals surface area (Å²) >= 11 is 1.72. The first-order valence-corrected chi connectivity index (χ1v) is 12.7. The minimum Gasteiger partial charge on any atom is -0.508 e. The molecule has 0 radical (unpaired) electrons. The van der Waals surface area contributed by atoms with Gasteiger partial charge >= 0.3 is 0 Å². The van der Waals surface area contributed by atoms with Crippen LogP contribution in [0.2, 0.25) is 0 Å². The third-order valence-electron chi connectivity index (χ3n) is 5.60. The molecule has 182 valence electrons. The van der Waals surface area contributed by atoms with Crippen molar-refractivity contribution in [1.82, 2.24) is 4.90 Å². The summed E-state index contributed by atoms with van der Waals surface area (Å²) < 4.78 is 11.1. The Hall–Kier alpha value is -2.83. The van der Waals surface area contributed by atoms with E-state index in [4.69, 9.17) is 19.7 Å². The number of benzene rings is 3. The molecule has 0 aliphatic carbocycles. The van der Waals surface area contributed by atoms with E-state index in [9.17, 15) is 0 Å². The lowest BCUT2D eigenvalue weighted by Crippen LogP contribution is -2.35. The van der Waals surface area contributed by atoms with Crippen LogP contribution in [0.4, 0.5) is 0 Å². The molecule has 3 aromatic carbocycles. The predicted octanol–water partition coefficient (Wildman–Crippen LogP) is 6.06. The van der Waals surface area contributed by atoms with Gasteiger partial charge in [-0.2, -0.15) is 0 Å². The van der Waals surface area contributed by atoms with Crippen LogP contribution < -0.4 is 9.47 Å². The summed E-state index contributed by atoms with van der Waals surface area (Å²) in [6.07, 6.45) is 1.33. The Morgan fingerprint density at radius 3 is 2.32 bits per heavy atom. The van der Waals surface area contributed by atoms with Crippen molar-refractivity contribution in [3.8, 4) is 23.0 Å². The Morgan fingerprint density at radius 2 is 1.71 bits per heavy atom. The summed E-state index contributed by atoms with van der Waals surface area (Å²) in [7, 11) is 0. The summed E-state index contributed by atoms with van der Waals surface area (Å²) in [5.74, 6) is 4.31. The van der Waals surface area contributed by atoms with Crippen LogP contribution in [0.5, 0.6) is 23.0 Å². The van der Waals surface area contributed by atoms with E-state index >= 15 is 0 Å². The minimum absolute atomic E-state index is 0.307. The highest BCUT2D eigenvalue weighted by molar-refractivity contribution is 7.99. The second-order valence-electron chi connectivity index (χ2n) is 8.53. The van der Waals surface area contributed by atoms with E-state index in [-0.39, 0.29) is 0 Å². The molecule has 2 heterocycles. The average Bonchev–Trinajstić information content (AvgIpc) is 3.31. The quantitative estimate of drug-likeness (QED) is 0.472. The number of phenols is 2. The summed E-state index contributed by atoms with van der Waals surface area (Å²) in [4.78, 5) is 3.56. The fraction of sp³-hybridized carbons (Fsp3) is 0.357. The van der Waals surface area contributed by atoms with Crippen molar-refractivity contribution in [2.45, 2.75) is 31.2 Å². The molecule has 2 aliphatic rings. The highest BCUT2D eigenvalue weighted by Gasteiger charge is 2.23. The number of rotatable bonds is 4. The average molecular weight is 482 g/mol. The number of hydrogen-bond acceptors (Lipinski definition) is 6. The molecule has 1 saturated heterocycles. The highest BCUT2D eigenvalue weighted by atomic mass is 32.2. The number of thioether (sulfide) groups is 1. The summed E-state index contributed by atoms with van der Waals surface area (Å²) in [6, 6.07) is 24.5. The number of aromatic hydroxyl groups is 2. The third kappa shape index (κ3) is 8.84. The topological polar surface area (TPSA) is 62.2 Å². The van der Waals surface area contributed by atoms with E-state index in [2.05, 4.69) is 18.7 Å². The van der Waals surface area contributed by atoms with E-state index in [1.165, 1.54) is 19.5 Å². The first kappa shape index (κ1) is 25.8. The molecule has 5 rings (SSSR count). The standard InChI is InChI=1S/C14H21NO.C8H8O2S.C6H6O/c1-12-8-9-15(10-12)13(2)11-16-14-6-4-3-5-7-14;9-6-1-2-7-8(5-6)11-4-3-10-7;7-6-4-2-1-3-5-6/h3-7,12-13H,8-11H2,1-2H3;1-2,5,9H,3-4H2;1-5,7H/t12-,13?;;/m1../s1. The van der Waals surface area contributed by atoms with Gasteiger partial charge in [-0.3, -0.25) is 4.90 Å². The van der Waals surface area contributed by atoms with Crippen LogP contribution in [0.15, 0.2) is 83.8 Å². The van der Waals surface area contributed by atoms with Gasteiger partial charge in [-0.1, -0.05) is 43.3 Å². The Kier molecular flexibility index (Phi) is 10.4. The molecular formula is C28H35NO4S. The normalized spacial score (nSPS) is 17.6. The molecule has 0 aromatic heterocycles. The molecule has 3 aromatic rings. The van der Waals surface area contributed by atoms with Gasteiger partial charge < -0.3 is 19.7 Å². The van der Waals surface area contributed by atoms with Gasteiger partial charge in [0.05, 0.1) is 11.5 Å². The number of nitrogens with zero attached hydrogens (tertiary/aromatic N) is 1. The fourth-order valence-electron chi connectivity index (χ4n) is 3.67. The van der Waals surface area contributed by atoms with Gasteiger partial charge in [0.25, 0.3) is 0 Å². The van der Waals surface area contributed by atoms with Gasteiger partial charge in [-0.15, -0.1) is 11.8 Å². The molecule has 6 heteroatoms. The summed E-state index contributed by atoms with van der Waals surface area (Å²) in [5, 5.41) is 17.8. The molecule has 34 heavy (non-hydrogen) atoms. The van der Waals surface area contributed by atoms with E-state index < -0.39 is 0 Å². The van der Waals surface area contributed by atoms with Gasteiger partial charge in [0.2, 0.25) is 0 Å². The lowest BCUT2D eigenvalue weighted by atomic mass is 10.2. The van der Waals surface area contributed by atoms with Crippen molar-refractivity contribution >= 4 is 11.8 Å². The third-order valence-corrected chi connectivity index (χ3v) is 6.60. The Bertz CT molecular complexity index is 971. The Labute approximate surface area is 207 Å². The summed E-state index contributed by atoms with van der Waals surface area (Å²) in [6.45, 7) is 8.57. The highest BCUT2D eigenvalue weighted by Crippen LogP contribution is 2.35. The molecule has 0 bridgehead atoms. The first-order valence-electron chi connectivity index (χ1n) is 11.8. The maximum atomic E-state index is 9.12. The molecule has 0 amide bonds. The maximum Gasteiger partial charge on any atom is 0.133 e. The Morgan fingerprint density at radius 1 is 1.00 bits per heavy atom. The van der Waals surface area contributed by atoms with E-state index in [1.54, 1.807) is 54.2 Å². The van der Waals surface area contributed by atoms with Gasteiger partial charge in [-0.05, 0) is 68.3 Å². The van der Waals surface area contributed by atoms with Crippen LogP contribution in [-0.4, -0.2) is 53.2 Å².